The number of likely N-dealkylation sites (tertiary alicyclic amines) is 1. The highest BCUT2D eigenvalue weighted by atomic mass is 16.5. The van der Waals surface area contributed by atoms with E-state index in [1.54, 1.807) is 7.11 Å². The van der Waals surface area contributed by atoms with Gasteiger partial charge in [-0.15, -0.1) is 0 Å². The molecule has 1 aliphatic heterocycles. The second-order valence-corrected chi connectivity index (χ2v) is 7.14. The minimum Gasteiger partial charge on any atom is -0.496 e. The van der Waals surface area contributed by atoms with Crippen LogP contribution in [0.5, 0.6) is 5.75 Å². The molecule has 0 amide bonds. The third kappa shape index (κ3) is 7.32. The van der Waals surface area contributed by atoms with Crippen molar-refractivity contribution in [3.05, 3.63) is 29.8 Å². The number of guanidine groups is 1. The summed E-state index contributed by atoms with van der Waals surface area (Å²) in [6.07, 6.45) is 5.99. The summed E-state index contributed by atoms with van der Waals surface area (Å²) in [6, 6.07) is 8.64. The van der Waals surface area contributed by atoms with Gasteiger partial charge in [-0.25, -0.2) is 0 Å². The predicted octanol–water partition coefficient (Wildman–Crippen LogP) is 3.20. The Morgan fingerprint density at radius 1 is 1.14 bits per heavy atom. The van der Waals surface area contributed by atoms with E-state index in [4.69, 9.17) is 9.47 Å². The summed E-state index contributed by atoms with van der Waals surface area (Å²) in [5.41, 5.74) is 1.24. The van der Waals surface area contributed by atoms with Gasteiger partial charge < -0.3 is 20.1 Å². The number of hydrogen-bond donors (Lipinski definition) is 2. The summed E-state index contributed by atoms with van der Waals surface area (Å²) in [7, 11) is 3.58. The van der Waals surface area contributed by atoms with Crippen molar-refractivity contribution >= 4 is 5.96 Å². The Morgan fingerprint density at radius 2 is 1.93 bits per heavy atom. The summed E-state index contributed by atoms with van der Waals surface area (Å²) in [6.45, 7) is 7.62. The van der Waals surface area contributed by atoms with Crippen molar-refractivity contribution in [1.82, 2.24) is 15.5 Å². The van der Waals surface area contributed by atoms with Crippen molar-refractivity contribution in [1.29, 1.82) is 0 Å². The third-order valence-corrected chi connectivity index (χ3v) is 5.23. The lowest BCUT2D eigenvalue weighted by Crippen LogP contribution is -2.44. The van der Waals surface area contributed by atoms with Crippen molar-refractivity contribution in [2.75, 3.05) is 53.6 Å². The van der Waals surface area contributed by atoms with E-state index < -0.39 is 0 Å². The number of piperidine rings is 1. The number of methoxy groups -OCH3 is 1. The van der Waals surface area contributed by atoms with Gasteiger partial charge in [0, 0.05) is 38.9 Å². The molecule has 6 nitrogen and oxygen atoms in total. The molecule has 0 spiro atoms. The lowest BCUT2D eigenvalue weighted by atomic mass is 10.0. The average Bonchev–Trinajstić information content (AvgIpc) is 2.75. The van der Waals surface area contributed by atoms with Gasteiger partial charge in [0.1, 0.15) is 5.75 Å². The minimum atomic E-state index is 0.271. The smallest absolute Gasteiger partial charge is 0.191 e. The lowest BCUT2D eigenvalue weighted by molar-refractivity contribution is 0.143. The molecule has 1 aromatic carbocycles. The van der Waals surface area contributed by atoms with Crippen LogP contribution in [0.25, 0.3) is 0 Å². The standard InChI is InChI=1S/C22H38N4O2/c1-4-28-17-11-8-14-24-22(23-2)25-18-20(26-15-9-5-10-16-26)19-12-6-7-13-21(19)27-3/h6-7,12-13,20H,4-5,8-11,14-18H2,1-3H3,(H2,23,24,25). The molecule has 1 unspecified atom stereocenters. The summed E-state index contributed by atoms with van der Waals surface area (Å²) < 4.78 is 11.0. The maximum Gasteiger partial charge on any atom is 0.191 e. The molecule has 1 heterocycles. The van der Waals surface area contributed by atoms with Crippen LogP contribution in [0.3, 0.4) is 0 Å². The first-order valence-corrected chi connectivity index (χ1v) is 10.7. The maximum absolute atomic E-state index is 5.65. The van der Waals surface area contributed by atoms with Gasteiger partial charge >= 0.3 is 0 Å². The van der Waals surface area contributed by atoms with Crippen LogP contribution >= 0.6 is 0 Å². The number of rotatable bonds is 11. The van der Waals surface area contributed by atoms with Crippen LogP contribution in [-0.4, -0.2) is 64.4 Å². The maximum atomic E-state index is 5.65. The fourth-order valence-corrected chi connectivity index (χ4v) is 3.70. The quantitative estimate of drug-likeness (QED) is 0.345. The van der Waals surface area contributed by atoms with Gasteiger partial charge in [-0.3, -0.25) is 9.89 Å². The molecule has 1 aliphatic rings. The Bertz CT molecular complexity index is 573. The molecule has 1 aromatic rings. The van der Waals surface area contributed by atoms with Crippen LogP contribution in [0.2, 0.25) is 0 Å². The zero-order valence-electron chi connectivity index (χ0n) is 17.9. The molecule has 0 bridgehead atoms. The van der Waals surface area contributed by atoms with E-state index in [9.17, 15) is 0 Å². The molecule has 28 heavy (non-hydrogen) atoms. The zero-order valence-corrected chi connectivity index (χ0v) is 17.9. The second kappa shape index (κ2) is 13.4. The van der Waals surface area contributed by atoms with Gasteiger partial charge in [0.05, 0.1) is 13.2 Å². The fraction of sp³-hybridized carbons (Fsp3) is 0.682. The van der Waals surface area contributed by atoms with Gasteiger partial charge in [0.2, 0.25) is 0 Å². The number of unbranched alkanes of at least 4 members (excludes halogenated alkanes) is 1. The molecule has 1 fully saturated rings. The van der Waals surface area contributed by atoms with Gasteiger partial charge in [-0.2, -0.15) is 0 Å². The van der Waals surface area contributed by atoms with Gasteiger partial charge in [-0.05, 0) is 51.8 Å². The van der Waals surface area contributed by atoms with E-state index in [0.717, 1.165) is 63.9 Å². The molecule has 1 saturated heterocycles. The SMILES string of the molecule is CCOCCCCNC(=NC)NCC(c1ccccc1OC)N1CCCCC1. The minimum absolute atomic E-state index is 0.271. The normalized spacial score (nSPS) is 16.6. The van der Waals surface area contributed by atoms with Gasteiger partial charge in [-0.1, -0.05) is 24.6 Å². The molecule has 0 saturated carbocycles. The van der Waals surface area contributed by atoms with Crippen LogP contribution < -0.4 is 15.4 Å². The first kappa shape index (κ1) is 22.5. The Hall–Kier alpha value is -1.79. The predicted molar refractivity (Wildman–Crippen MR) is 116 cm³/mol. The summed E-state index contributed by atoms with van der Waals surface area (Å²) in [5.74, 6) is 1.81. The Balaban J connectivity index is 1.94. The van der Waals surface area contributed by atoms with E-state index in [0.29, 0.717) is 0 Å². The van der Waals surface area contributed by atoms with Gasteiger partial charge in [0.15, 0.2) is 5.96 Å². The number of ether oxygens (including phenoxy) is 2. The largest absolute Gasteiger partial charge is 0.496 e. The van der Waals surface area contributed by atoms with Crippen molar-refractivity contribution in [2.45, 2.75) is 45.1 Å². The van der Waals surface area contributed by atoms with Crippen molar-refractivity contribution in [2.24, 2.45) is 4.99 Å². The van der Waals surface area contributed by atoms with Crippen LogP contribution in [0, 0.1) is 0 Å². The van der Waals surface area contributed by atoms with E-state index >= 15 is 0 Å². The van der Waals surface area contributed by atoms with Crippen LogP contribution in [0.15, 0.2) is 29.3 Å². The summed E-state index contributed by atoms with van der Waals surface area (Å²) in [5, 5.41) is 6.95. The highest BCUT2D eigenvalue weighted by Gasteiger charge is 2.25. The van der Waals surface area contributed by atoms with Crippen molar-refractivity contribution in [3.8, 4) is 5.75 Å². The van der Waals surface area contributed by atoms with Crippen LogP contribution in [-0.2, 0) is 4.74 Å². The monoisotopic (exact) mass is 390 g/mol. The summed E-state index contributed by atoms with van der Waals surface area (Å²) in [4.78, 5) is 6.96. The van der Waals surface area contributed by atoms with E-state index in [1.807, 2.05) is 20.0 Å². The second-order valence-electron chi connectivity index (χ2n) is 7.14. The van der Waals surface area contributed by atoms with Crippen LogP contribution in [0.1, 0.15) is 50.6 Å². The van der Waals surface area contributed by atoms with Crippen molar-refractivity contribution < 1.29 is 9.47 Å². The molecule has 158 valence electrons. The number of hydrogen-bond acceptors (Lipinski definition) is 4. The Labute approximate surface area is 170 Å². The molecule has 0 radical (unpaired) electrons. The average molecular weight is 391 g/mol. The molecule has 2 N–H and O–H groups in total. The van der Waals surface area contributed by atoms with E-state index in [2.05, 4.69) is 38.7 Å². The number of benzene rings is 1. The number of aliphatic imine (C=N–C) groups is 1. The topological polar surface area (TPSA) is 58.1 Å². The van der Waals surface area contributed by atoms with E-state index in [-0.39, 0.29) is 6.04 Å². The molecular formula is C22H38N4O2. The van der Waals surface area contributed by atoms with E-state index in [1.165, 1.54) is 24.8 Å². The Morgan fingerprint density at radius 3 is 2.64 bits per heavy atom. The molecule has 0 aliphatic carbocycles. The lowest BCUT2D eigenvalue weighted by Gasteiger charge is -2.35. The summed E-state index contributed by atoms with van der Waals surface area (Å²) >= 11 is 0. The molecule has 0 aromatic heterocycles. The first-order valence-electron chi connectivity index (χ1n) is 10.7. The third-order valence-electron chi connectivity index (χ3n) is 5.23. The molecule has 2 rings (SSSR count). The molecular weight excluding hydrogens is 352 g/mol. The number of nitrogens with zero attached hydrogens (tertiary/aromatic N) is 2. The zero-order chi connectivity index (χ0) is 20.0. The molecule has 1 atom stereocenters. The fourth-order valence-electron chi connectivity index (χ4n) is 3.70. The first-order chi connectivity index (χ1) is 13.8. The Kier molecular flexibility index (Phi) is 10.8. The highest BCUT2D eigenvalue weighted by molar-refractivity contribution is 5.79. The molecule has 6 heteroatoms. The van der Waals surface area contributed by atoms with Crippen molar-refractivity contribution in [3.63, 3.8) is 0 Å². The van der Waals surface area contributed by atoms with Crippen LogP contribution in [0.4, 0.5) is 0 Å². The number of para-hydroxylation sites is 1. The highest BCUT2D eigenvalue weighted by Crippen LogP contribution is 2.30. The van der Waals surface area contributed by atoms with Gasteiger partial charge in [0.25, 0.3) is 0 Å². The number of nitrogens with one attached hydrogen (secondary N) is 2.